The second-order valence-electron chi connectivity index (χ2n) is 7.63. The van der Waals surface area contributed by atoms with Gasteiger partial charge in [0.1, 0.15) is 0 Å². The Kier molecular flexibility index (Phi) is 7.43. The molecule has 164 valence electrons. The highest BCUT2D eigenvalue weighted by molar-refractivity contribution is 6.38. The first kappa shape index (κ1) is 22.3. The fraction of sp³-hybridized carbons (Fsp3) is 0.200. The van der Waals surface area contributed by atoms with E-state index in [1.807, 2.05) is 30.3 Å². The number of benzene rings is 3. The number of carbonyl (C=O) groups excluding carboxylic acids is 1. The number of amides is 1. The first-order valence-electron chi connectivity index (χ1n) is 10.5. The summed E-state index contributed by atoms with van der Waals surface area (Å²) in [4.78, 5) is 17.2. The van der Waals surface area contributed by atoms with Crippen LogP contribution in [0.4, 0.5) is 5.69 Å². The minimum absolute atomic E-state index is 0.285. The van der Waals surface area contributed by atoms with Gasteiger partial charge in [0.25, 0.3) is 5.91 Å². The van der Waals surface area contributed by atoms with Crippen LogP contribution in [0, 0.1) is 0 Å². The zero-order valence-electron chi connectivity index (χ0n) is 17.5. The molecular weight excluding hydrogens is 443 g/mol. The highest BCUT2D eigenvalue weighted by Crippen LogP contribution is 2.22. The van der Waals surface area contributed by atoms with Crippen molar-refractivity contribution in [3.05, 3.63) is 99.5 Å². The van der Waals surface area contributed by atoms with Crippen molar-refractivity contribution in [3.63, 3.8) is 0 Å². The second-order valence-corrected chi connectivity index (χ2v) is 8.44. The molecule has 1 aliphatic rings. The van der Waals surface area contributed by atoms with E-state index >= 15 is 0 Å². The Morgan fingerprint density at radius 3 is 2.19 bits per heavy atom. The summed E-state index contributed by atoms with van der Waals surface area (Å²) in [5.41, 5.74) is 6.10. The molecule has 0 bridgehead atoms. The normalized spacial score (nSPS) is 14.6. The van der Waals surface area contributed by atoms with Crippen LogP contribution < -0.4 is 10.3 Å². The first-order valence-corrected chi connectivity index (χ1v) is 11.2. The SMILES string of the molecule is O=C(N/N=C\c1c(Cl)cccc1Cl)c1ccc(CN2CCN(c3ccccc3)CC2)cc1. The lowest BCUT2D eigenvalue weighted by molar-refractivity contribution is 0.0955. The van der Waals surface area contributed by atoms with Gasteiger partial charge >= 0.3 is 0 Å². The average Bonchev–Trinajstić information content (AvgIpc) is 2.82. The van der Waals surface area contributed by atoms with Crippen molar-refractivity contribution in [2.24, 2.45) is 5.10 Å². The molecule has 0 aliphatic carbocycles. The van der Waals surface area contributed by atoms with Crippen molar-refractivity contribution < 1.29 is 4.79 Å². The van der Waals surface area contributed by atoms with E-state index in [1.165, 1.54) is 17.5 Å². The third-order valence-electron chi connectivity index (χ3n) is 5.48. The van der Waals surface area contributed by atoms with Crippen LogP contribution in [0.1, 0.15) is 21.5 Å². The maximum absolute atomic E-state index is 12.4. The molecule has 5 nitrogen and oxygen atoms in total. The Morgan fingerprint density at radius 1 is 0.875 bits per heavy atom. The summed E-state index contributed by atoms with van der Waals surface area (Å²) >= 11 is 12.2. The zero-order chi connectivity index (χ0) is 22.3. The number of nitrogens with one attached hydrogen (secondary N) is 1. The van der Waals surface area contributed by atoms with Crippen LogP contribution in [0.15, 0.2) is 77.9 Å². The van der Waals surface area contributed by atoms with E-state index in [-0.39, 0.29) is 5.91 Å². The molecule has 4 rings (SSSR count). The Labute approximate surface area is 198 Å². The number of nitrogens with zero attached hydrogens (tertiary/aromatic N) is 3. The van der Waals surface area contributed by atoms with E-state index in [0.717, 1.165) is 32.7 Å². The molecule has 1 saturated heterocycles. The molecule has 3 aromatic rings. The average molecular weight is 467 g/mol. The zero-order valence-corrected chi connectivity index (χ0v) is 19.1. The van der Waals surface area contributed by atoms with Crippen LogP contribution in [0.5, 0.6) is 0 Å². The van der Waals surface area contributed by atoms with Crippen LogP contribution in [-0.2, 0) is 6.54 Å². The number of hydrazone groups is 1. The summed E-state index contributed by atoms with van der Waals surface area (Å²) in [6.07, 6.45) is 1.45. The van der Waals surface area contributed by atoms with Crippen LogP contribution in [0.25, 0.3) is 0 Å². The number of anilines is 1. The topological polar surface area (TPSA) is 47.9 Å². The number of hydrogen-bond acceptors (Lipinski definition) is 4. The van der Waals surface area contributed by atoms with Gasteiger partial charge in [0.15, 0.2) is 0 Å². The molecule has 1 heterocycles. The van der Waals surface area contributed by atoms with Crippen molar-refractivity contribution in [1.29, 1.82) is 0 Å². The number of hydrogen-bond donors (Lipinski definition) is 1. The fourth-order valence-corrected chi connectivity index (χ4v) is 4.17. The predicted molar refractivity (Wildman–Crippen MR) is 132 cm³/mol. The van der Waals surface area contributed by atoms with Crippen LogP contribution in [0.3, 0.4) is 0 Å². The lowest BCUT2D eigenvalue weighted by Crippen LogP contribution is -2.45. The lowest BCUT2D eigenvalue weighted by atomic mass is 10.1. The summed E-state index contributed by atoms with van der Waals surface area (Å²) in [6.45, 7) is 4.91. The first-order chi connectivity index (χ1) is 15.6. The second kappa shape index (κ2) is 10.6. The molecule has 0 atom stereocenters. The summed E-state index contributed by atoms with van der Waals surface area (Å²) in [5.74, 6) is -0.285. The van der Waals surface area contributed by atoms with Crippen molar-refractivity contribution in [1.82, 2.24) is 10.3 Å². The Balaban J connectivity index is 1.28. The van der Waals surface area contributed by atoms with E-state index in [2.05, 4.69) is 44.6 Å². The van der Waals surface area contributed by atoms with Crippen molar-refractivity contribution in [3.8, 4) is 0 Å². The molecule has 0 unspecified atom stereocenters. The highest BCUT2D eigenvalue weighted by Gasteiger charge is 2.17. The molecule has 3 aromatic carbocycles. The Bertz CT molecular complexity index is 1060. The molecule has 0 saturated carbocycles. The monoisotopic (exact) mass is 466 g/mol. The maximum atomic E-state index is 12.4. The van der Waals surface area contributed by atoms with Gasteiger partial charge in [0.05, 0.1) is 16.3 Å². The quantitative estimate of drug-likeness (QED) is 0.406. The summed E-state index contributed by atoms with van der Waals surface area (Å²) in [7, 11) is 0. The molecule has 0 spiro atoms. The molecule has 1 amide bonds. The van der Waals surface area contributed by atoms with Crippen molar-refractivity contribution in [2.75, 3.05) is 31.1 Å². The molecule has 32 heavy (non-hydrogen) atoms. The summed E-state index contributed by atoms with van der Waals surface area (Å²) < 4.78 is 0. The number of halogens is 2. The molecule has 7 heteroatoms. The fourth-order valence-electron chi connectivity index (χ4n) is 3.68. The van der Waals surface area contributed by atoms with Crippen molar-refractivity contribution >= 4 is 41.0 Å². The lowest BCUT2D eigenvalue weighted by Gasteiger charge is -2.36. The maximum Gasteiger partial charge on any atom is 0.271 e. The highest BCUT2D eigenvalue weighted by atomic mass is 35.5. The van der Waals surface area contributed by atoms with Gasteiger partial charge in [-0.3, -0.25) is 9.69 Å². The standard InChI is InChI=1S/C25H24Cl2N4O/c26-23-7-4-8-24(27)22(23)17-28-29-25(32)20-11-9-19(10-12-20)18-30-13-15-31(16-14-30)21-5-2-1-3-6-21/h1-12,17H,13-16,18H2,(H,29,32)/b28-17-. The number of piperazine rings is 1. The molecule has 0 radical (unpaired) electrons. The minimum atomic E-state index is -0.285. The minimum Gasteiger partial charge on any atom is -0.369 e. The third-order valence-corrected chi connectivity index (χ3v) is 6.13. The predicted octanol–water partition coefficient (Wildman–Crippen LogP) is 5.08. The largest absolute Gasteiger partial charge is 0.369 e. The number of para-hydroxylation sites is 1. The van der Waals surface area contributed by atoms with Gasteiger partial charge in [-0.25, -0.2) is 5.43 Å². The van der Waals surface area contributed by atoms with Gasteiger partial charge in [0.2, 0.25) is 0 Å². The number of carbonyl (C=O) groups is 1. The van der Waals surface area contributed by atoms with Crippen LogP contribution >= 0.6 is 23.2 Å². The van der Waals surface area contributed by atoms with Gasteiger partial charge in [-0.05, 0) is 42.0 Å². The summed E-state index contributed by atoms with van der Waals surface area (Å²) in [6, 6.07) is 23.3. The molecule has 1 aliphatic heterocycles. The van der Waals surface area contributed by atoms with Crippen molar-refractivity contribution in [2.45, 2.75) is 6.54 Å². The van der Waals surface area contributed by atoms with Crippen LogP contribution in [-0.4, -0.2) is 43.2 Å². The van der Waals surface area contributed by atoms with Gasteiger partial charge in [-0.15, -0.1) is 0 Å². The number of rotatable bonds is 6. The Morgan fingerprint density at radius 2 is 1.53 bits per heavy atom. The third kappa shape index (κ3) is 5.68. The smallest absolute Gasteiger partial charge is 0.271 e. The van der Waals surface area contributed by atoms with Gasteiger partial charge < -0.3 is 4.90 Å². The van der Waals surface area contributed by atoms with E-state index in [4.69, 9.17) is 23.2 Å². The van der Waals surface area contributed by atoms with Crippen LogP contribution in [0.2, 0.25) is 10.0 Å². The van der Waals surface area contributed by atoms with E-state index in [9.17, 15) is 4.79 Å². The van der Waals surface area contributed by atoms with E-state index in [0.29, 0.717) is 21.2 Å². The molecule has 1 fully saturated rings. The Hall–Kier alpha value is -2.86. The van der Waals surface area contributed by atoms with Gasteiger partial charge in [0, 0.05) is 49.5 Å². The van der Waals surface area contributed by atoms with E-state index < -0.39 is 0 Å². The molecule has 1 N–H and O–H groups in total. The summed E-state index contributed by atoms with van der Waals surface area (Å²) in [5, 5.41) is 4.93. The molecule has 0 aromatic heterocycles. The van der Waals surface area contributed by atoms with Gasteiger partial charge in [-0.1, -0.05) is 59.6 Å². The van der Waals surface area contributed by atoms with E-state index in [1.54, 1.807) is 18.2 Å². The molecular formula is C25H24Cl2N4O. The van der Waals surface area contributed by atoms with Gasteiger partial charge in [-0.2, -0.15) is 5.10 Å².